The van der Waals surface area contributed by atoms with Gasteiger partial charge in [-0.1, -0.05) is 12.1 Å². The van der Waals surface area contributed by atoms with Crippen LogP contribution in [0, 0.1) is 13.8 Å². The molecule has 0 spiro atoms. The molecule has 0 aromatic heterocycles. The van der Waals surface area contributed by atoms with Gasteiger partial charge in [-0.2, -0.15) is 0 Å². The second-order valence-corrected chi connectivity index (χ2v) is 7.83. The Morgan fingerprint density at radius 3 is 2.23 bits per heavy atom. The Bertz CT molecular complexity index is 579. The standard InChI is InChI=1S/C16H23N5S/c1-12-4-3-5-14(13(12)2)17-15(22)18-16-6-19-9-20(7-16)11-21(8-16)10-19/h3-5H,6-11H2,1-2H3,(H2,17,18,22)/p+3. The predicted molar refractivity (Wildman–Crippen MR) is 90.1 cm³/mol. The van der Waals surface area contributed by atoms with E-state index in [0.717, 1.165) is 10.8 Å². The van der Waals surface area contributed by atoms with Gasteiger partial charge < -0.3 is 10.6 Å². The molecule has 0 radical (unpaired) electrons. The summed E-state index contributed by atoms with van der Waals surface area (Å²) in [7, 11) is 0. The second kappa shape index (κ2) is 5.16. The molecule has 4 saturated heterocycles. The molecule has 5 rings (SSSR count). The summed E-state index contributed by atoms with van der Waals surface area (Å²) in [6.45, 7) is 11.7. The van der Waals surface area contributed by atoms with Gasteiger partial charge in [0, 0.05) is 5.69 Å². The molecule has 22 heavy (non-hydrogen) atoms. The van der Waals surface area contributed by atoms with Crippen LogP contribution in [0.4, 0.5) is 5.69 Å². The third-order valence-electron chi connectivity index (χ3n) is 5.50. The Morgan fingerprint density at radius 1 is 1.05 bits per heavy atom. The normalized spacial score (nSPS) is 35.5. The SMILES string of the molecule is Cc1cccc(NC(=S)NC23C[NH+]4C[NH+](C[NH+](C4)C2)C3)c1C. The lowest BCUT2D eigenvalue weighted by Gasteiger charge is -2.52. The second-order valence-electron chi connectivity index (χ2n) is 7.42. The average molecular weight is 320 g/mol. The van der Waals surface area contributed by atoms with E-state index in [1.165, 1.54) is 50.8 Å². The number of rotatable bonds is 2. The summed E-state index contributed by atoms with van der Waals surface area (Å²) in [4.78, 5) is 5.15. The highest BCUT2D eigenvalue weighted by Gasteiger charge is 2.57. The van der Waals surface area contributed by atoms with Crippen molar-refractivity contribution in [1.29, 1.82) is 0 Å². The molecule has 4 heterocycles. The van der Waals surface area contributed by atoms with Gasteiger partial charge in [-0.25, -0.2) is 14.7 Å². The van der Waals surface area contributed by atoms with Gasteiger partial charge in [-0.05, 0) is 43.3 Å². The molecule has 118 valence electrons. The first-order valence-corrected chi connectivity index (χ1v) is 8.60. The number of benzene rings is 1. The van der Waals surface area contributed by atoms with Crippen molar-refractivity contribution in [2.75, 3.05) is 45.0 Å². The first-order chi connectivity index (χ1) is 10.5. The molecule has 4 aliphatic heterocycles. The molecule has 0 amide bonds. The third kappa shape index (κ3) is 2.50. The largest absolute Gasteiger partial charge is 0.342 e. The van der Waals surface area contributed by atoms with Gasteiger partial charge in [0.15, 0.2) is 10.7 Å². The van der Waals surface area contributed by atoms with Gasteiger partial charge >= 0.3 is 0 Å². The summed E-state index contributed by atoms with van der Waals surface area (Å²) in [6, 6.07) is 6.33. The topological polar surface area (TPSA) is 37.4 Å². The molecular formula is C16H26N5S+3. The van der Waals surface area contributed by atoms with Crippen LogP contribution in [0.15, 0.2) is 18.2 Å². The summed E-state index contributed by atoms with van der Waals surface area (Å²) in [5.41, 5.74) is 3.87. The van der Waals surface area contributed by atoms with E-state index in [4.69, 9.17) is 12.2 Å². The molecule has 0 atom stereocenters. The van der Waals surface area contributed by atoms with Crippen molar-refractivity contribution in [2.45, 2.75) is 19.4 Å². The van der Waals surface area contributed by atoms with Crippen molar-refractivity contribution in [3.8, 4) is 0 Å². The van der Waals surface area contributed by atoms with Gasteiger partial charge in [-0.15, -0.1) is 0 Å². The Labute approximate surface area is 137 Å². The first-order valence-electron chi connectivity index (χ1n) is 8.19. The van der Waals surface area contributed by atoms with E-state index in [1.807, 2.05) is 0 Å². The molecule has 5 N–H and O–H groups in total. The minimum absolute atomic E-state index is 0.177. The number of quaternary nitrogens is 3. The fraction of sp³-hybridized carbons (Fsp3) is 0.562. The Kier molecular flexibility index (Phi) is 3.38. The minimum atomic E-state index is 0.177. The highest BCUT2D eigenvalue weighted by Crippen LogP contribution is 2.18. The summed E-state index contributed by atoms with van der Waals surface area (Å²) in [6.07, 6.45) is 0. The Morgan fingerprint density at radius 2 is 1.64 bits per heavy atom. The lowest BCUT2D eigenvalue weighted by atomic mass is 9.91. The van der Waals surface area contributed by atoms with Crippen molar-refractivity contribution in [2.24, 2.45) is 0 Å². The molecule has 0 saturated carbocycles. The summed E-state index contributed by atoms with van der Waals surface area (Å²) in [5.74, 6) is 0. The van der Waals surface area contributed by atoms with Gasteiger partial charge in [0.25, 0.3) is 0 Å². The number of hydrogen-bond acceptors (Lipinski definition) is 1. The maximum absolute atomic E-state index is 5.62. The van der Waals surface area contributed by atoms with Crippen molar-refractivity contribution in [1.82, 2.24) is 5.32 Å². The quantitative estimate of drug-likeness (QED) is 0.375. The highest BCUT2D eigenvalue weighted by atomic mass is 32.1. The van der Waals surface area contributed by atoms with E-state index in [0.29, 0.717) is 0 Å². The van der Waals surface area contributed by atoms with Gasteiger partial charge in [0.1, 0.15) is 19.6 Å². The zero-order valence-electron chi connectivity index (χ0n) is 13.4. The van der Waals surface area contributed by atoms with Crippen LogP contribution in [-0.2, 0) is 0 Å². The smallest absolute Gasteiger partial charge is 0.213 e. The van der Waals surface area contributed by atoms with Crippen LogP contribution in [0.5, 0.6) is 0 Å². The summed E-state index contributed by atoms with van der Waals surface area (Å²) >= 11 is 5.62. The predicted octanol–water partition coefficient (Wildman–Crippen LogP) is -3.10. The van der Waals surface area contributed by atoms with E-state index in [-0.39, 0.29) is 5.54 Å². The van der Waals surface area contributed by atoms with Gasteiger partial charge in [-0.3, -0.25) is 0 Å². The number of nitrogens with one attached hydrogen (secondary N) is 5. The fourth-order valence-electron chi connectivity index (χ4n) is 4.66. The van der Waals surface area contributed by atoms with Crippen molar-refractivity contribution in [3.63, 3.8) is 0 Å². The van der Waals surface area contributed by atoms with E-state index in [2.05, 4.69) is 42.7 Å². The molecule has 1 aromatic rings. The molecule has 1 aromatic carbocycles. The molecule has 5 nitrogen and oxygen atoms in total. The van der Waals surface area contributed by atoms with Gasteiger partial charge in [0.2, 0.25) is 20.0 Å². The molecule has 4 bridgehead atoms. The Hall–Kier alpha value is -1.21. The molecule has 4 aliphatic rings. The fourth-order valence-corrected chi connectivity index (χ4v) is 4.99. The lowest BCUT2D eigenvalue weighted by Crippen LogP contribution is -3.56. The molecule has 0 unspecified atom stereocenters. The van der Waals surface area contributed by atoms with Crippen molar-refractivity contribution < 1.29 is 14.7 Å². The summed E-state index contributed by atoms with van der Waals surface area (Å²) in [5, 5.41) is 7.87. The highest BCUT2D eigenvalue weighted by molar-refractivity contribution is 7.80. The van der Waals surface area contributed by atoms with Crippen LogP contribution < -0.4 is 25.3 Å². The first kappa shape index (κ1) is 14.4. The maximum Gasteiger partial charge on any atom is 0.213 e. The molecular weight excluding hydrogens is 294 g/mol. The number of anilines is 1. The van der Waals surface area contributed by atoms with Crippen LogP contribution in [0.2, 0.25) is 0 Å². The minimum Gasteiger partial charge on any atom is -0.342 e. The van der Waals surface area contributed by atoms with Crippen LogP contribution in [0.25, 0.3) is 0 Å². The van der Waals surface area contributed by atoms with Crippen molar-refractivity contribution in [3.05, 3.63) is 29.3 Å². The van der Waals surface area contributed by atoms with Crippen molar-refractivity contribution >= 4 is 23.0 Å². The number of aryl methyl sites for hydroxylation is 1. The van der Waals surface area contributed by atoms with E-state index >= 15 is 0 Å². The number of hydrogen-bond donors (Lipinski definition) is 5. The van der Waals surface area contributed by atoms with E-state index in [1.54, 1.807) is 14.7 Å². The molecule has 6 heteroatoms. The maximum atomic E-state index is 5.62. The zero-order valence-corrected chi connectivity index (χ0v) is 14.2. The average Bonchev–Trinajstić information content (AvgIpc) is 2.41. The van der Waals surface area contributed by atoms with E-state index < -0.39 is 0 Å². The van der Waals surface area contributed by atoms with E-state index in [9.17, 15) is 0 Å². The van der Waals surface area contributed by atoms with Gasteiger partial charge in [0.05, 0.1) is 0 Å². The van der Waals surface area contributed by atoms with Crippen LogP contribution in [0.3, 0.4) is 0 Å². The molecule has 0 aliphatic carbocycles. The molecule has 4 fully saturated rings. The monoisotopic (exact) mass is 320 g/mol. The van der Waals surface area contributed by atoms with Crippen LogP contribution >= 0.6 is 12.2 Å². The lowest BCUT2D eigenvalue weighted by molar-refractivity contribution is -1.29. The van der Waals surface area contributed by atoms with Crippen LogP contribution in [0.1, 0.15) is 11.1 Å². The zero-order chi connectivity index (χ0) is 15.3. The number of thiocarbonyl (C=S) groups is 1. The third-order valence-corrected chi connectivity index (χ3v) is 5.70. The summed E-state index contributed by atoms with van der Waals surface area (Å²) < 4.78 is 0. The Balaban J connectivity index is 1.47. The van der Waals surface area contributed by atoms with Crippen LogP contribution in [-0.4, -0.2) is 50.3 Å².